The average molecular weight is 345 g/mol. The van der Waals surface area contributed by atoms with Crippen LogP contribution in [0.3, 0.4) is 0 Å². The van der Waals surface area contributed by atoms with Gasteiger partial charge < -0.3 is 15.0 Å². The van der Waals surface area contributed by atoms with Gasteiger partial charge in [-0.05, 0) is 62.4 Å². The molecule has 5 heteroatoms. The van der Waals surface area contributed by atoms with E-state index in [0.29, 0.717) is 6.61 Å². The molecule has 1 aromatic carbocycles. The Kier molecular flexibility index (Phi) is 6.19. The second-order valence-electron chi connectivity index (χ2n) is 7.02. The van der Waals surface area contributed by atoms with Crippen LogP contribution in [0.2, 0.25) is 0 Å². The van der Waals surface area contributed by atoms with Crippen molar-refractivity contribution in [3.05, 3.63) is 29.3 Å². The summed E-state index contributed by atoms with van der Waals surface area (Å²) >= 11 is 0. The molecule has 1 aliphatic heterocycles. The minimum Gasteiger partial charge on any atom is -0.450 e. The number of carbonyl (C=O) groups is 1. The molecule has 1 N–H and O–H groups in total. The first-order valence-electron chi connectivity index (χ1n) is 9.74. The smallest absolute Gasteiger partial charge is 0.407 e. The van der Waals surface area contributed by atoms with E-state index in [2.05, 4.69) is 40.2 Å². The first-order valence-corrected chi connectivity index (χ1v) is 9.74. The number of fused-ring (bicyclic) bond motifs is 1. The maximum atomic E-state index is 11.9. The molecule has 1 fully saturated rings. The van der Waals surface area contributed by atoms with E-state index in [1.54, 1.807) is 0 Å². The Morgan fingerprint density at radius 3 is 2.76 bits per heavy atom. The molecule has 0 aromatic heterocycles. The van der Waals surface area contributed by atoms with Gasteiger partial charge in [0.15, 0.2) is 0 Å². The van der Waals surface area contributed by atoms with Gasteiger partial charge in [0.05, 0.1) is 12.6 Å². The minimum atomic E-state index is -0.307. The summed E-state index contributed by atoms with van der Waals surface area (Å²) in [4.78, 5) is 16.9. The van der Waals surface area contributed by atoms with Crippen molar-refractivity contribution >= 4 is 11.8 Å². The molecule has 3 rings (SSSR count). The molecule has 0 spiro atoms. The molecule has 1 heterocycles. The number of nitrogens with zero attached hydrogens (tertiary/aromatic N) is 2. The Hall–Kier alpha value is -1.75. The summed E-state index contributed by atoms with van der Waals surface area (Å²) < 4.78 is 5.07. The van der Waals surface area contributed by atoms with Crippen molar-refractivity contribution in [3.63, 3.8) is 0 Å². The number of aryl methyl sites for hydroxylation is 1. The van der Waals surface area contributed by atoms with E-state index in [-0.39, 0.29) is 12.1 Å². The molecular weight excluding hydrogens is 314 g/mol. The summed E-state index contributed by atoms with van der Waals surface area (Å²) in [7, 11) is 0. The summed E-state index contributed by atoms with van der Waals surface area (Å²) in [6, 6.07) is 6.87. The zero-order valence-electron chi connectivity index (χ0n) is 15.6. The summed E-state index contributed by atoms with van der Waals surface area (Å²) in [6.45, 7) is 10.1. The van der Waals surface area contributed by atoms with Crippen molar-refractivity contribution in [2.24, 2.45) is 0 Å². The molecular formula is C20H31N3O2. The average Bonchev–Trinajstić information content (AvgIpc) is 2.63. The fourth-order valence-electron chi connectivity index (χ4n) is 3.99. The summed E-state index contributed by atoms with van der Waals surface area (Å²) in [6.07, 6.45) is 4.11. The van der Waals surface area contributed by atoms with Gasteiger partial charge in [-0.2, -0.15) is 0 Å². The molecule has 0 bridgehead atoms. The highest BCUT2D eigenvalue weighted by Crippen LogP contribution is 2.33. The van der Waals surface area contributed by atoms with Gasteiger partial charge in [0, 0.05) is 31.9 Å². The molecule has 2 aliphatic rings. The molecule has 0 saturated carbocycles. The van der Waals surface area contributed by atoms with E-state index < -0.39 is 0 Å². The molecule has 1 unspecified atom stereocenters. The van der Waals surface area contributed by atoms with E-state index in [0.717, 1.165) is 45.4 Å². The van der Waals surface area contributed by atoms with Crippen LogP contribution < -0.4 is 10.2 Å². The molecule has 138 valence electrons. The number of rotatable bonds is 5. The Balaban J connectivity index is 1.70. The SMILES string of the molecule is CCCN1CCN(c2ccc3c(c2)C(NC(=O)OCC)CCC3)CC1. The van der Waals surface area contributed by atoms with Crippen LogP contribution in [0.1, 0.15) is 50.3 Å². The van der Waals surface area contributed by atoms with Gasteiger partial charge in [0.25, 0.3) is 0 Å². The molecule has 5 nitrogen and oxygen atoms in total. The molecule has 1 aromatic rings. The predicted molar refractivity (Wildman–Crippen MR) is 101 cm³/mol. The van der Waals surface area contributed by atoms with Crippen molar-refractivity contribution in [3.8, 4) is 0 Å². The second kappa shape index (κ2) is 8.56. The molecule has 1 atom stereocenters. The van der Waals surface area contributed by atoms with Gasteiger partial charge in [-0.25, -0.2) is 4.79 Å². The van der Waals surface area contributed by atoms with Crippen molar-refractivity contribution in [2.45, 2.75) is 45.6 Å². The van der Waals surface area contributed by atoms with Gasteiger partial charge in [0.1, 0.15) is 0 Å². The highest BCUT2D eigenvalue weighted by molar-refractivity contribution is 5.68. The van der Waals surface area contributed by atoms with Crippen LogP contribution in [0, 0.1) is 0 Å². The lowest BCUT2D eigenvalue weighted by Gasteiger charge is -2.37. The van der Waals surface area contributed by atoms with Gasteiger partial charge >= 0.3 is 6.09 Å². The van der Waals surface area contributed by atoms with Gasteiger partial charge in [0.2, 0.25) is 0 Å². The van der Waals surface area contributed by atoms with E-state index >= 15 is 0 Å². The Bertz CT molecular complexity index is 582. The quantitative estimate of drug-likeness (QED) is 0.889. The van der Waals surface area contributed by atoms with Crippen LogP contribution >= 0.6 is 0 Å². The highest BCUT2D eigenvalue weighted by atomic mass is 16.5. The van der Waals surface area contributed by atoms with E-state index in [1.807, 2.05) is 6.92 Å². The van der Waals surface area contributed by atoms with Crippen LogP contribution in [0.5, 0.6) is 0 Å². The number of benzene rings is 1. The summed E-state index contributed by atoms with van der Waals surface area (Å²) in [5.41, 5.74) is 3.92. The van der Waals surface area contributed by atoms with Crippen molar-refractivity contribution in [2.75, 3.05) is 44.2 Å². The van der Waals surface area contributed by atoms with Crippen LogP contribution in [0.4, 0.5) is 10.5 Å². The predicted octanol–water partition coefficient (Wildman–Crippen LogP) is 3.34. The van der Waals surface area contributed by atoms with Crippen LogP contribution in [-0.4, -0.2) is 50.3 Å². The summed E-state index contributed by atoms with van der Waals surface area (Å²) in [5.74, 6) is 0. The lowest BCUT2D eigenvalue weighted by Crippen LogP contribution is -2.46. The third-order valence-electron chi connectivity index (χ3n) is 5.29. The number of hydrogen-bond donors (Lipinski definition) is 1. The van der Waals surface area contributed by atoms with Gasteiger partial charge in [-0.15, -0.1) is 0 Å². The van der Waals surface area contributed by atoms with Crippen LogP contribution in [0.25, 0.3) is 0 Å². The van der Waals surface area contributed by atoms with Crippen molar-refractivity contribution in [1.82, 2.24) is 10.2 Å². The molecule has 25 heavy (non-hydrogen) atoms. The van der Waals surface area contributed by atoms with Crippen molar-refractivity contribution in [1.29, 1.82) is 0 Å². The maximum absolute atomic E-state index is 11.9. The number of alkyl carbamates (subject to hydrolysis) is 1. The van der Waals surface area contributed by atoms with E-state index in [1.165, 1.54) is 29.8 Å². The third kappa shape index (κ3) is 4.46. The topological polar surface area (TPSA) is 44.8 Å². The van der Waals surface area contributed by atoms with Gasteiger partial charge in [-0.1, -0.05) is 13.0 Å². The Morgan fingerprint density at radius 1 is 1.24 bits per heavy atom. The zero-order valence-corrected chi connectivity index (χ0v) is 15.6. The fraction of sp³-hybridized carbons (Fsp3) is 0.650. The Morgan fingerprint density at radius 2 is 2.04 bits per heavy atom. The van der Waals surface area contributed by atoms with Crippen LogP contribution in [0.15, 0.2) is 18.2 Å². The number of anilines is 1. The Labute approximate surface area is 151 Å². The molecule has 1 aliphatic carbocycles. The molecule has 0 radical (unpaired) electrons. The monoisotopic (exact) mass is 345 g/mol. The van der Waals surface area contributed by atoms with Gasteiger partial charge in [-0.3, -0.25) is 4.90 Å². The summed E-state index contributed by atoms with van der Waals surface area (Å²) in [5, 5.41) is 3.04. The maximum Gasteiger partial charge on any atom is 0.407 e. The number of piperazine rings is 1. The minimum absolute atomic E-state index is 0.0733. The third-order valence-corrected chi connectivity index (χ3v) is 5.29. The van der Waals surface area contributed by atoms with E-state index in [9.17, 15) is 4.79 Å². The highest BCUT2D eigenvalue weighted by Gasteiger charge is 2.24. The lowest BCUT2D eigenvalue weighted by atomic mass is 9.87. The molecule has 1 amide bonds. The molecule has 1 saturated heterocycles. The second-order valence-corrected chi connectivity index (χ2v) is 7.02. The standard InChI is InChI=1S/C20H31N3O2/c1-3-10-22-11-13-23(14-12-22)17-9-8-16-6-5-7-19(18(16)15-17)21-20(24)25-4-2/h8-9,15,19H,3-7,10-14H2,1-2H3,(H,21,24). The number of carbonyl (C=O) groups excluding carboxylic acids is 1. The van der Waals surface area contributed by atoms with E-state index in [4.69, 9.17) is 4.74 Å². The number of hydrogen-bond acceptors (Lipinski definition) is 4. The first kappa shape index (κ1) is 18.1. The normalized spacial score (nSPS) is 20.9. The zero-order chi connectivity index (χ0) is 17.6. The lowest BCUT2D eigenvalue weighted by molar-refractivity contribution is 0.147. The largest absolute Gasteiger partial charge is 0.450 e. The van der Waals surface area contributed by atoms with Crippen LogP contribution in [-0.2, 0) is 11.2 Å². The number of amides is 1. The fourth-order valence-corrected chi connectivity index (χ4v) is 3.99. The first-order chi connectivity index (χ1) is 12.2. The number of ether oxygens (including phenoxy) is 1. The number of nitrogens with one attached hydrogen (secondary N) is 1. The van der Waals surface area contributed by atoms with Crippen molar-refractivity contribution < 1.29 is 9.53 Å².